The highest BCUT2D eigenvalue weighted by molar-refractivity contribution is 6.62. The lowest BCUT2D eigenvalue weighted by molar-refractivity contribution is -0.132. The number of hydrogen-bond donors (Lipinski definition) is 0. The largest absolute Gasteiger partial charge is 0.495 e. The van der Waals surface area contributed by atoms with Gasteiger partial charge in [-0.15, -0.1) is 0 Å². The average molecular weight is 343 g/mol. The van der Waals surface area contributed by atoms with E-state index in [1.807, 2.05) is 17.0 Å². The normalized spacial score (nSPS) is 22.2. The third-order valence-corrected chi connectivity index (χ3v) is 5.88. The number of likely N-dealkylation sites (tertiary alicyclic amines) is 1. The topological polar surface area (TPSA) is 38.8 Å². The van der Waals surface area contributed by atoms with Gasteiger partial charge in [-0.1, -0.05) is 24.3 Å². The van der Waals surface area contributed by atoms with E-state index in [0.29, 0.717) is 6.42 Å². The SMILES string of the molecule is CC1(C)OB(c2ccccc2CCC(=O)N2CCCCC2)OC1(C)C. The predicted molar refractivity (Wildman–Crippen MR) is 101 cm³/mol. The quantitative estimate of drug-likeness (QED) is 0.789. The molecule has 1 aromatic carbocycles. The summed E-state index contributed by atoms with van der Waals surface area (Å²) in [6.07, 6.45) is 4.80. The van der Waals surface area contributed by atoms with Crippen LogP contribution < -0.4 is 5.46 Å². The number of nitrogens with zero attached hydrogens (tertiary/aromatic N) is 1. The van der Waals surface area contributed by atoms with Gasteiger partial charge in [-0.25, -0.2) is 0 Å². The van der Waals surface area contributed by atoms with Crippen LogP contribution in [0.15, 0.2) is 24.3 Å². The lowest BCUT2D eigenvalue weighted by Gasteiger charge is -2.32. The van der Waals surface area contributed by atoms with Crippen LogP contribution in [0.5, 0.6) is 0 Å². The molecule has 0 saturated carbocycles. The summed E-state index contributed by atoms with van der Waals surface area (Å²) in [4.78, 5) is 14.5. The molecular weight excluding hydrogens is 313 g/mol. The maximum atomic E-state index is 12.5. The van der Waals surface area contributed by atoms with Crippen LogP contribution in [-0.4, -0.2) is 42.2 Å². The Kier molecular flexibility index (Phi) is 5.26. The van der Waals surface area contributed by atoms with E-state index in [1.54, 1.807) is 0 Å². The Balaban J connectivity index is 1.68. The Morgan fingerprint density at radius 1 is 1.04 bits per heavy atom. The molecule has 0 atom stereocenters. The van der Waals surface area contributed by atoms with Crippen LogP contribution >= 0.6 is 0 Å². The standard InChI is InChI=1S/C20H30BNO3/c1-19(2)20(3,4)25-21(24-19)17-11-7-6-10-16(17)12-13-18(23)22-14-8-5-9-15-22/h6-7,10-11H,5,8-9,12-15H2,1-4H3. The Hall–Kier alpha value is -1.33. The van der Waals surface area contributed by atoms with Crippen LogP contribution in [0.4, 0.5) is 0 Å². The second-order valence-corrected chi connectivity index (χ2v) is 8.23. The average Bonchev–Trinajstić information content (AvgIpc) is 2.81. The van der Waals surface area contributed by atoms with E-state index in [9.17, 15) is 4.79 Å². The summed E-state index contributed by atoms with van der Waals surface area (Å²) in [5.74, 6) is 0.267. The summed E-state index contributed by atoms with van der Waals surface area (Å²) in [6.45, 7) is 10.1. The number of benzene rings is 1. The smallest absolute Gasteiger partial charge is 0.399 e. The molecule has 4 nitrogen and oxygen atoms in total. The van der Waals surface area contributed by atoms with Gasteiger partial charge in [0.1, 0.15) is 0 Å². The minimum atomic E-state index is -0.369. The highest BCUT2D eigenvalue weighted by Crippen LogP contribution is 2.36. The molecule has 0 radical (unpaired) electrons. The molecule has 0 unspecified atom stereocenters. The summed E-state index contributed by atoms with van der Waals surface area (Å²) in [6, 6.07) is 8.18. The summed E-state index contributed by atoms with van der Waals surface area (Å²) in [5, 5.41) is 0. The highest BCUT2D eigenvalue weighted by Gasteiger charge is 2.52. The molecule has 1 amide bonds. The van der Waals surface area contributed by atoms with Crippen LogP contribution in [0.2, 0.25) is 0 Å². The zero-order valence-electron chi connectivity index (χ0n) is 16.0. The first kappa shape index (κ1) is 18.5. The number of hydrogen-bond acceptors (Lipinski definition) is 3. The van der Waals surface area contributed by atoms with Crippen LogP contribution in [-0.2, 0) is 20.5 Å². The third kappa shape index (κ3) is 3.93. The van der Waals surface area contributed by atoms with Gasteiger partial charge in [0.2, 0.25) is 5.91 Å². The van der Waals surface area contributed by atoms with Crippen molar-refractivity contribution in [3.63, 3.8) is 0 Å². The molecule has 0 aliphatic carbocycles. The van der Waals surface area contributed by atoms with Gasteiger partial charge in [0.05, 0.1) is 11.2 Å². The molecule has 0 aromatic heterocycles. The van der Waals surface area contributed by atoms with Crippen molar-refractivity contribution in [1.82, 2.24) is 4.90 Å². The summed E-state index contributed by atoms with van der Waals surface area (Å²) in [5.41, 5.74) is 1.49. The molecule has 1 aromatic rings. The lowest BCUT2D eigenvalue weighted by atomic mass is 9.75. The van der Waals surface area contributed by atoms with Crippen LogP contribution in [0, 0.1) is 0 Å². The Labute approximate surface area is 152 Å². The molecular formula is C20H30BNO3. The summed E-state index contributed by atoms with van der Waals surface area (Å²) >= 11 is 0. The molecule has 0 spiro atoms. The van der Waals surface area contributed by atoms with Gasteiger partial charge in [-0.05, 0) is 64.4 Å². The maximum Gasteiger partial charge on any atom is 0.495 e. The van der Waals surface area contributed by atoms with Gasteiger partial charge in [0.15, 0.2) is 0 Å². The molecule has 136 valence electrons. The Morgan fingerprint density at radius 2 is 1.64 bits per heavy atom. The van der Waals surface area contributed by atoms with Crippen molar-refractivity contribution in [3.8, 4) is 0 Å². The van der Waals surface area contributed by atoms with Crippen molar-refractivity contribution >= 4 is 18.5 Å². The lowest BCUT2D eigenvalue weighted by Crippen LogP contribution is -2.41. The molecule has 2 aliphatic rings. The van der Waals surface area contributed by atoms with Gasteiger partial charge in [0.25, 0.3) is 0 Å². The van der Waals surface area contributed by atoms with Crippen molar-refractivity contribution < 1.29 is 14.1 Å². The minimum absolute atomic E-state index is 0.267. The van der Waals surface area contributed by atoms with Gasteiger partial charge in [0, 0.05) is 19.5 Å². The van der Waals surface area contributed by atoms with E-state index < -0.39 is 0 Å². The van der Waals surface area contributed by atoms with Gasteiger partial charge >= 0.3 is 7.12 Å². The number of piperidine rings is 1. The highest BCUT2D eigenvalue weighted by atomic mass is 16.7. The summed E-state index contributed by atoms with van der Waals surface area (Å²) < 4.78 is 12.4. The molecule has 5 heteroatoms. The van der Waals surface area contributed by atoms with E-state index in [2.05, 4.69) is 39.8 Å². The van der Waals surface area contributed by atoms with E-state index >= 15 is 0 Å². The zero-order chi connectivity index (χ0) is 18.1. The number of carbonyl (C=O) groups excluding carboxylic acids is 1. The predicted octanol–water partition coefficient (Wildman–Crippen LogP) is 2.93. The van der Waals surface area contributed by atoms with E-state index in [0.717, 1.165) is 43.4 Å². The maximum absolute atomic E-state index is 12.5. The number of rotatable bonds is 4. The van der Waals surface area contributed by atoms with Crippen LogP contribution in [0.25, 0.3) is 0 Å². The van der Waals surface area contributed by atoms with Crippen LogP contribution in [0.3, 0.4) is 0 Å². The molecule has 2 fully saturated rings. The Morgan fingerprint density at radius 3 is 2.28 bits per heavy atom. The second-order valence-electron chi connectivity index (χ2n) is 8.23. The summed E-state index contributed by atoms with van der Waals surface area (Å²) in [7, 11) is -0.369. The van der Waals surface area contributed by atoms with E-state index in [1.165, 1.54) is 6.42 Å². The molecule has 0 bridgehead atoms. The number of carbonyl (C=O) groups is 1. The fraction of sp³-hybridized carbons (Fsp3) is 0.650. The number of aryl methyl sites for hydroxylation is 1. The van der Waals surface area contributed by atoms with Crippen LogP contribution in [0.1, 0.15) is 58.9 Å². The first-order chi connectivity index (χ1) is 11.8. The van der Waals surface area contributed by atoms with Crippen molar-refractivity contribution in [2.75, 3.05) is 13.1 Å². The zero-order valence-corrected chi connectivity index (χ0v) is 16.0. The van der Waals surface area contributed by atoms with Crippen molar-refractivity contribution in [2.45, 2.75) is 71.0 Å². The van der Waals surface area contributed by atoms with E-state index in [-0.39, 0.29) is 24.2 Å². The molecule has 2 heterocycles. The molecule has 2 aliphatic heterocycles. The van der Waals surface area contributed by atoms with E-state index in [4.69, 9.17) is 9.31 Å². The first-order valence-electron chi connectivity index (χ1n) is 9.51. The fourth-order valence-corrected chi connectivity index (χ4v) is 3.50. The second kappa shape index (κ2) is 7.12. The van der Waals surface area contributed by atoms with Crippen molar-refractivity contribution in [3.05, 3.63) is 29.8 Å². The minimum Gasteiger partial charge on any atom is -0.399 e. The Bertz CT molecular complexity index is 607. The molecule has 2 saturated heterocycles. The van der Waals surface area contributed by atoms with Gasteiger partial charge in [-0.3, -0.25) is 4.79 Å². The monoisotopic (exact) mass is 343 g/mol. The first-order valence-corrected chi connectivity index (χ1v) is 9.51. The molecule has 25 heavy (non-hydrogen) atoms. The molecule has 0 N–H and O–H groups in total. The molecule has 3 rings (SSSR count). The third-order valence-electron chi connectivity index (χ3n) is 5.88. The van der Waals surface area contributed by atoms with Gasteiger partial charge in [-0.2, -0.15) is 0 Å². The number of amides is 1. The van der Waals surface area contributed by atoms with Crippen molar-refractivity contribution in [2.24, 2.45) is 0 Å². The fourth-order valence-electron chi connectivity index (χ4n) is 3.50. The van der Waals surface area contributed by atoms with Gasteiger partial charge < -0.3 is 14.2 Å². The van der Waals surface area contributed by atoms with Crippen molar-refractivity contribution in [1.29, 1.82) is 0 Å².